The van der Waals surface area contributed by atoms with Crippen LogP contribution >= 0.6 is 15.9 Å². The second-order valence-corrected chi connectivity index (χ2v) is 8.44. The third-order valence-electron chi connectivity index (χ3n) is 4.97. The van der Waals surface area contributed by atoms with Crippen LogP contribution in [0.1, 0.15) is 66.6 Å². The van der Waals surface area contributed by atoms with Gasteiger partial charge in [0.05, 0.1) is 21.4 Å². The van der Waals surface area contributed by atoms with Gasteiger partial charge in [-0.15, -0.1) is 0 Å². The molecule has 158 valence electrons. The lowest BCUT2D eigenvalue weighted by molar-refractivity contribution is 0.00578. The summed E-state index contributed by atoms with van der Waals surface area (Å²) in [4.78, 5) is 0. The fourth-order valence-electron chi connectivity index (χ4n) is 2.51. The van der Waals surface area contributed by atoms with E-state index in [-0.39, 0.29) is 32.0 Å². The number of nitrogens with zero attached hydrogens (tertiary/aromatic N) is 3. The molecular formula is C19H34BBrN4O3. The molecule has 0 saturated carbocycles. The van der Waals surface area contributed by atoms with E-state index < -0.39 is 0 Å². The van der Waals surface area contributed by atoms with E-state index in [1.165, 1.54) is 0 Å². The fraction of sp³-hybridized carbons (Fsp3) is 0.684. The van der Waals surface area contributed by atoms with Gasteiger partial charge < -0.3 is 14.0 Å². The van der Waals surface area contributed by atoms with Gasteiger partial charge in [-0.1, -0.05) is 7.43 Å². The fourth-order valence-corrected chi connectivity index (χ4v) is 2.68. The van der Waals surface area contributed by atoms with E-state index in [9.17, 15) is 0 Å². The Morgan fingerprint density at radius 2 is 1.82 bits per heavy atom. The third-order valence-corrected chi connectivity index (χ3v) is 6.13. The number of ether oxygens (including phenoxy) is 1. The zero-order chi connectivity index (χ0) is 20.4. The van der Waals surface area contributed by atoms with E-state index in [2.05, 4.69) is 31.2 Å². The molecule has 0 spiro atoms. The first-order valence-electron chi connectivity index (χ1n) is 9.17. The Morgan fingerprint density at radius 1 is 1.25 bits per heavy atom. The molecule has 1 saturated heterocycles. The smallest absolute Gasteiger partial charge is 0.399 e. The van der Waals surface area contributed by atoms with E-state index in [4.69, 9.17) is 14.0 Å². The molecule has 1 aliphatic heterocycles. The average molecular weight is 457 g/mol. The van der Waals surface area contributed by atoms with Gasteiger partial charge in [0.2, 0.25) is 0 Å². The summed E-state index contributed by atoms with van der Waals surface area (Å²) < 4.78 is 20.3. The predicted molar refractivity (Wildman–Crippen MR) is 117 cm³/mol. The van der Waals surface area contributed by atoms with Crippen molar-refractivity contribution in [3.63, 3.8) is 0 Å². The lowest BCUT2D eigenvalue weighted by Gasteiger charge is -2.32. The summed E-state index contributed by atoms with van der Waals surface area (Å²) in [6.07, 6.45) is 3.61. The second-order valence-electron chi connectivity index (χ2n) is 7.64. The minimum absolute atomic E-state index is 0. The molecule has 28 heavy (non-hydrogen) atoms. The van der Waals surface area contributed by atoms with Crippen LogP contribution in [0.25, 0.3) is 0 Å². The molecule has 0 bridgehead atoms. The summed E-state index contributed by atoms with van der Waals surface area (Å²) in [5.74, 6) is 0. The lowest BCUT2D eigenvalue weighted by Crippen LogP contribution is -2.41. The summed E-state index contributed by atoms with van der Waals surface area (Å²) >= 11 is 3.36. The molecule has 3 rings (SSSR count). The van der Waals surface area contributed by atoms with Crippen LogP contribution in [0.4, 0.5) is 0 Å². The first-order valence-corrected chi connectivity index (χ1v) is 9.96. The molecule has 3 heterocycles. The number of hydrogen-bond acceptors (Lipinski definition) is 5. The maximum atomic E-state index is 5.99. The van der Waals surface area contributed by atoms with Crippen LogP contribution in [0.5, 0.6) is 0 Å². The topological polar surface area (TPSA) is 74.2 Å². The number of hydrogen-bond donors (Lipinski definition) is 1. The number of nitrogens with one attached hydrogen (secondary N) is 1. The highest BCUT2D eigenvalue weighted by atomic mass is 79.9. The summed E-state index contributed by atoms with van der Waals surface area (Å²) in [5, 5.41) is 11.1. The molecule has 1 atom stereocenters. The van der Waals surface area contributed by atoms with Crippen molar-refractivity contribution >= 4 is 28.5 Å². The molecule has 0 amide bonds. The Balaban J connectivity index is 0.000000367. The summed E-state index contributed by atoms with van der Waals surface area (Å²) in [6.45, 7) is 16.7. The highest BCUT2D eigenvalue weighted by Gasteiger charge is 2.52. The van der Waals surface area contributed by atoms with Gasteiger partial charge in [0.1, 0.15) is 6.23 Å². The van der Waals surface area contributed by atoms with Gasteiger partial charge in [-0.05, 0) is 71.3 Å². The van der Waals surface area contributed by atoms with Crippen molar-refractivity contribution in [3.05, 3.63) is 28.3 Å². The first-order chi connectivity index (χ1) is 12.5. The molecular weight excluding hydrogens is 423 g/mol. The van der Waals surface area contributed by atoms with Crippen LogP contribution in [-0.2, 0) is 14.0 Å². The van der Waals surface area contributed by atoms with Gasteiger partial charge in [-0.25, -0.2) is 4.68 Å². The van der Waals surface area contributed by atoms with Crippen molar-refractivity contribution in [1.82, 2.24) is 20.0 Å². The first kappa shape index (κ1) is 24.9. The van der Waals surface area contributed by atoms with E-state index in [0.717, 1.165) is 21.3 Å². The quantitative estimate of drug-likeness (QED) is 0.699. The summed E-state index contributed by atoms with van der Waals surface area (Å²) in [6, 6.07) is 0. The van der Waals surface area contributed by atoms with Crippen molar-refractivity contribution in [2.24, 2.45) is 0 Å². The Labute approximate surface area is 177 Å². The molecule has 2 aromatic heterocycles. The molecule has 1 N–H and O–H groups in total. The molecule has 1 aliphatic rings. The van der Waals surface area contributed by atoms with Crippen LogP contribution in [-0.4, -0.2) is 44.9 Å². The van der Waals surface area contributed by atoms with Crippen molar-refractivity contribution < 1.29 is 14.0 Å². The maximum Gasteiger partial charge on any atom is 0.498 e. The number of halogens is 1. The highest BCUT2D eigenvalue weighted by molar-refractivity contribution is 9.10. The summed E-state index contributed by atoms with van der Waals surface area (Å²) in [7, 11) is -0.368. The van der Waals surface area contributed by atoms with Crippen molar-refractivity contribution in [2.45, 2.75) is 80.2 Å². The molecule has 7 nitrogen and oxygen atoms in total. The van der Waals surface area contributed by atoms with Gasteiger partial charge >= 0.3 is 7.12 Å². The normalized spacial score (nSPS) is 18.2. The Hall–Kier alpha value is -1.16. The van der Waals surface area contributed by atoms with Gasteiger partial charge in [0, 0.05) is 30.2 Å². The van der Waals surface area contributed by atoms with Crippen LogP contribution in [0, 0.1) is 13.8 Å². The molecule has 0 aliphatic carbocycles. The Kier molecular flexibility index (Phi) is 8.50. The van der Waals surface area contributed by atoms with Crippen LogP contribution in [0.3, 0.4) is 0 Å². The SMILES string of the molecule is C.CCOC(C)n1cc(B2OC(C)(C)C(C)(C)O2)cn1.Cc1n[nH]c(C)c1Br. The Morgan fingerprint density at radius 3 is 2.21 bits per heavy atom. The van der Waals surface area contributed by atoms with Crippen molar-refractivity contribution in [1.29, 1.82) is 0 Å². The zero-order valence-electron chi connectivity index (χ0n) is 17.5. The monoisotopic (exact) mass is 456 g/mol. The molecule has 9 heteroatoms. The predicted octanol–water partition coefficient (Wildman–Crippen LogP) is 4.16. The Bertz CT molecular complexity index is 725. The molecule has 2 aromatic rings. The standard InChI is InChI=1S/C13H23BN2O3.C5H7BrN2.CH4/c1-7-17-10(2)16-9-11(8-15-16)14-18-12(3,4)13(5,6)19-14;1-3-5(6)4(2)8-7-3;/h8-10H,7H2,1-6H3;1-2H3,(H,7,8);1H4. The van der Waals surface area contributed by atoms with Crippen LogP contribution in [0.15, 0.2) is 16.9 Å². The van der Waals surface area contributed by atoms with Gasteiger partial charge in [-0.3, -0.25) is 5.10 Å². The number of rotatable bonds is 4. The minimum atomic E-state index is -0.368. The maximum absolute atomic E-state index is 5.99. The summed E-state index contributed by atoms with van der Waals surface area (Å²) in [5.41, 5.74) is 2.37. The number of aromatic nitrogens is 4. The van der Waals surface area contributed by atoms with Crippen molar-refractivity contribution in [3.8, 4) is 0 Å². The zero-order valence-corrected chi connectivity index (χ0v) is 19.0. The van der Waals surface area contributed by atoms with E-state index in [1.807, 2.05) is 61.6 Å². The van der Waals surface area contributed by atoms with Gasteiger partial charge in [0.15, 0.2) is 0 Å². The number of aromatic amines is 1. The molecule has 1 fully saturated rings. The number of H-pyrrole nitrogens is 1. The molecule has 0 aromatic carbocycles. The third kappa shape index (κ3) is 5.46. The van der Waals surface area contributed by atoms with E-state index in [1.54, 1.807) is 10.9 Å². The van der Waals surface area contributed by atoms with Gasteiger partial charge in [0.25, 0.3) is 0 Å². The molecule has 1 unspecified atom stereocenters. The van der Waals surface area contributed by atoms with Crippen molar-refractivity contribution in [2.75, 3.05) is 6.61 Å². The highest BCUT2D eigenvalue weighted by Crippen LogP contribution is 2.36. The van der Waals surface area contributed by atoms with E-state index >= 15 is 0 Å². The molecule has 0 radical (unpaired) electrons. The largest absolute Gasteiger partial charge is 0.498 e. The van der Waals surface area contributed by atoms with E-state index in [0.29, 0.717) is 6.61 Å². The minimum Gasteiger partial charge on any atom is -0.399 e. The van der Waals surface area contributed by atoms with Crippen LogP contribution in [0.2, 0.25) is 0 Å². The van der Waals surface area contributed by atoms with Gasteiger partial charge in [-0.2, -0.15) is 10.2 Å². The van der Waals surface area contributed by atoms with Crippen LogP contribution < -0.4 is 5.46 Å². The lowest BCUT2D eigenvalue weighted by atomic mass is 9.82. The number of aryl methyl sites for hydroxylation is 2. The second kappa shape index (κ2) is 9.56. The average Bonchev–Trinajstić information content (AvgIpc) is 3.23.